The molecule has 2 saturated heterocycles. The van der Waals surface area contributed by atoms with Crippen LogP contribution in [0.1, 0.15) is 119 Å². The highest BCUT2D eigenvalue weighted by molar-refractivity contribution is 6.39. The fourth-order valence-corrected chi connectivity index (χ4v) is 9.13. The second-order valence-corrected chi connectivity index (χ2v) is 17.1. The maximum absolute atomic E-state index is 14.2. The normalized spacial score (nSPS) is 41.2. The molecule has 3 aliphatic heterocycles. The van der Waals surface area contributed by atoms with Crippen LogP contribution in [-0.2, 0) is 38.1 Å². The number of ketones is 2. The molecule has 11 unspecified atom stereocenters. The van der Waals surface area contributed by atoms with E-state index in [1.807, 2.05) is 26.8 Å². The Labute approximate surface area is 326 Å². The van der Waals surface area contributed by atoms with E-state index in [1.54, 1.807) is 26.8 Å². The van der Waals surface area contributed by atoms with Gasteiger partial charge in [-0.2, -0.15) is 0 Å². The first kappa shape index (κ1) is 45.2. The van der Waals surface area contributed by atoms with Crippen LogP contribution in [0.2, 0.25) is 0 Å². The largest absolute Gasteiger partial charge is 0.456 e. The van der Waals surface area contributed by atoms with Gasteiger partial charge >= 0.3 is 5.97 Å². The fourth-order valence-electron chi connectivity index (χ4n) is 9.13. The number of Topliss-reactive ketones (excluding diaryl/α,β-unsaturated/α-hetero) is 2. The molecule has 11 atom stereocenters. The van der Waals surface area contributed by atoms with Crippen molar-refractivity contribution in [2.24, 2.45) is 23.7 Å². The van der Waals surface area contributed by atoms with E-state index in [-0.39, 0.29) is 50.4 Å². The first-order chi connectivity index (χ1) is 25.9. The standard InChI is InChI=1S/C42H67NO12/c1-9-29-19-24(2)18-25(3)20-34(52-7)37-35(53-8)21-27(5)42(51,55-37)38(47)39(48)43-17-11-10-12-31(43)40(49)54-36(28(6)32(45)22-33(29)46)26(4)23-41(50)15-13-30(44)14-16-41/h19,23,25,27-32,34-37,44-45,50-51H,9-18,20-22H2,1-8H3. The minimum atomic E-state index is -2.52. The van der Waals surface area contributed by atoms with Crippen molar-refractivity contribution < 1.29 is 58.6 Å². The first-order valence-corrected chi connectivity index (χ1v) is 20.4. The molecule has 1 amide bonds. The summed E-state index contributed by atoms with van der Waals surface area (Å²) in [6.45, 7) is 11.0. The highest BCUT2D eigenvalue weighted by Gasteiger charge is 2.56. The van der Waals surface area contributed by atoms with Gasteiger partial charge in [-0.25, -0.2) is 4.79 Å². The van der Waals surface area contributed by atoms with Crippen molar-refractivity contribution >= 4 is 23.4 Å². The third kappa shape index (κ3) is 10.7. The van der Waals surface area contributed by atoms with E-state index >= 15 is 0 Å². The number of aliphatic hydroxyl groups is 4. The number of amides is 1. The number of rotatable bonds is 5. The van der Waals surface area contributed by atoms with E-state index in [4.69, 9.17) is 18.9 Å². The molecule has 13 heteroatoms. The van der Waals surface area contributed by atoms with Crippen molar-refractivity contribution in [3.8, 4) is 0 Å². The zero-order valence-corrected chi connectivity index (χ0v) is 34.2. The second kappa shape index (κ2) is 19.3. The molecule has 3 fully saturated rings. The molecule has 0 aromatic heterocycles. The third-order valence-electron chi connectivity index (χ3n) is 12.6. The topological polar surface area (TPSA) is 189 Å². The molecule has 55 heavy (non-hydrogen) atoms. The third-order valence-corrected chi connectivity index (χ3v) is 12.6. The number of hydrogen-bond acceptors (Lipinski definition) is 12. The van der Waals surface area contributed by atoms with Crippen molar-refractivity contribution in [1.82, 2.24) is 4.90 Å². The Morgan fingerprint density at radius 1 is 0.964 bits per heavy atom. The average Bonchev–Trinajstić information content (AvgIpc) is 3.15. The summed E-state index contributed by atoms with van der Waals surface area (Å²) in [5.41, 5.74) is 0.150. The lowest BCUT2D eigenvalue weighted by Gasteiger charge is -2.47. The summed E-state index contributed by atoms with van der Waals surface area (Å²) >= 11 is 0. The Morgan fingerprint density at radius 2 is 1.60 bits per heavy atom. The van der Waals surface area contributed by atoms with E-state index in [0.717, 1.165) is 10.5 Å². The number of nitrogens with zero attached hydrogens (tertiary/aromatic N) is 1. The van der Waals surface area contributed by atoms with Gasteiger partial charge in [-0.3, -0.25) is 14.4 Å². The van der Waals surface area contributed by atoms with Crippen molar-refractivity contribution in [3.63, 3.8) is 0 Å². The van der Waals surface area contributed by atoms with Crippen molar-refractivity contribution in [1.29, 1.82) is 0 Å². The number of allylic oxidation sites excluding steroid dienone is 2. The summed E-state index contributed by atoms with van der Waals surface area (Å²) in [5.74, 6) is -7.81. The van der Waals surface area contributed by atoms with Crippen LogP contribution in [0.4, 0.5) is 0 Å². The number of esters is 1. The average molecular weight is 778 g/mol. The van der Waals surface area contributed by atoms with Gasteiger partial charge in [0.05, 0.1) is 30.0 Å². The zero-order valence-electron chi connectivity index (χ0n) is 34.2. The summed E-state index contributed by atoms with van der Waals surface area (Å²) in [6.07, 6.45) is 2.89. The van der Waals surface area contributed by atoms with Crippen LogP contribution in [0.5, 0.6) is 0 Å². The van der Waals surface area contributed by atoms with E-state index in [1.165, 1.54) is 14.2 Å². The number of ether oxygens (including phenoxy) is 4. The van der Waals surface area contributed by atoms with Crippen molar-refractivity contribution in [2.45, 2.75) is 173 Å². The molecule has 0 aromatic carbocycles. The van der Waals surface area contributed by atoms with E-state index < -0.39 is 89.5 Å². The van der Waals surface area contributed by atoms with Gasteiger partial charge in [0.25, 0.3) is 11.7 Å². The van der Waals surface area contributed by atoms with E-state index in [9.17, 15) is 39.6 Å². The molecular formula is C42H67NO12. The number of carbonyl (C=O) groups is 4. The van der Waals surface area contributed by atoms with Crippen LogP contribution in [0.25, 0.3) is 0 Å². The molecule has 0 radical (unpaired) electrons. The maximum atomic E-state index is 14.2. The number of carbonyl (C=O) groups excluding carboxylic acids is 4. The van der Waals surface area contributed by atoms with Crippen molar-refractivity contribution in [2.75, 3.05) is 20.8 Å². The molecule has 13 nitrogen and oxygen atoms in total. The summed E-state index contributed by atoms with van der Waals surface area (Å²) in [5, 5.41) is 45.1. The van der Waals surface area contributed by atoms with E-state index in [0.29, 0.717) is 50.5 Å². The van der Waals surface area contributed by atoms with Crippen LogP contribution in [0.15, 0.2) is 23.3 Å². The smallest absolute Gasteiger partial charge is 0.329 e. The van der Waals surface area contributed by atoms with Gasteiger partial charge in [0, 0.05) is 44.9 Å². The summed E-state index contributed by atoms with van der Waals surface area (Å²) < 4.78 is 24.1. The lowest BCUT2D eigenvalue weighted by atomic mass is 9.80. The predicted octanol–water partition coefficient (Wildman–Crippen LogP) is 3.96. The molecule has 2 bridgehead atoms. The van der Waals surface area contributed by atoms with Gasteiger partial charge in [0.2, 0.25) is 5.79 Å². The quantitative estimate of drug-likeness (QED) is 0.179. The number of aliphatic hydroxyl groups excluding tert-OH is 2. The van der Waals surface area contributed by atoms with Gasteiger partial charge < -0.3 is 44.3 Å². The monoisotopic (exact) mass is 777 g/mol. The second-order valence-electron chi connectivity index (χ2n) is 17.1. The summed E-state index contributed by atoms with van der Waals surface area (Å²) in [4.78, 5) is 57.4. The van der Waals surface area contributed by atoms with E-state index in [2.05, 4.69) is 0 Å². The Morgan fingerprint density at radius 3 is 2.22 bits per heavy atom. The Kier molecular flexibility index (Phi) is 15.8. The van der Waals surface area contributed by atoms with Crippen LogP contribution in [0, 0.1) is 23.7 Å². The lowest BCUT2D eigenvalue weighted by Crippen LogP contribution is -2.64. The Hall–Kier alpha value is -2.52. The Bertz CT molecular complexity index is 1420. The van der Waals surface area contributed by atoms with Crippen molar-refractivity contribution in [3.05, 3.63) is 23.3 Å². The molecule has 1 saturated carbocycles. The summed E-state index contributed by atoms with van der Waals surface area (Å²) in [6, 6.07) is -1.18. The lowest BCUT2D eigenvalue weighted by molar-refractivity contribution is -0.302. The minimum Gasteiger partial charge on any atom is -0.456 e. The first-order valence-electron chi connectivity index (χ1n) is 20.4. The van der Waals surface area contributed by atoms with Crippen LogP contribution < -0.4 is 0 Å². The molecular weight excluding hydrogens is 710 g/mol. The van der Waals surface area contributed by atoms with Crippen LogP contribution >= 0.6 is 0 Å². The number of cyclic esters (lactones) is 1. The zero-order chi connectivity index (χ0) is 40.8. The van der Waals surface area contributed by atoms with Gasteiger partial charge in [0.15, 0.2) is 0 Å². The number of hydrogen-bond donors (Lipinski definition) is 4. The van der Waals surface area contributed by atoms with Gasteiger partial charge in [-0.15, -0.1) is 0 Å². The molecule has 4 aliphatic rings. The molecule has 312 valence electrons. The summed E-state index contributed by atoms with van der Waals surface area (Å²) in [7, 11) is 3.04. The molecule has 3 heterocycles. The number of piperidine rings is 1. The molecule has 0 spiro atoms. The van der Waals surface area contributed by atoms with Crippen LogP contribution in [-0.4, -0.2) is 124 Å². The molecule has 4 rings (SSSR count). The molecule has 0 aromatic rings. The van der Waals surface area contributed by atoms with Gasteiger partial charge in [-0.1, -0.05) is 45.4 Å². The Balaban J connectivity index is 1.78. The molecule has 4 N–H and O–H groups in total. The minimum absolute atomic E-state index is 0.0226. The number of methoxy groups -OCH3 is 2. The molecule has 1 aliphatic carbocycles. The van der Waals surface area contributed by atoms with Crippen LogP contribution in [0.3, 0.4) is 0 Å². The SMILES string of the molecule is CCC1C=C(C)CC(C)CC(OC)C2OC(O)(C(=O)C(=O)N3CCCCC3C(=O)OC(C(C)=CC3(O)CCC(O)CC3)C(C)C(O)CC1=O)C(C)CC2OC. The number of fused-ring (bicyclic) bond motifs is 3. The fraction of sp³-hybridized carbons (Fsp3) is 0.810. The highest BCUT2D eigenvalue weighted by atomic mass is 16.7. The van der Waals surface area contributed by atoms with Gasteiger partial charge in [0.1, 0.15) is 24.0 Å². The van der Waals surface area contributed by atoms with Gasteiger partial charge in [-0.05, 0) is 96.0 Å². The predicted molar refractivity (Wildman–Crippen MR) is 203 cm³/mol. The maximum Gasteiger partial charge on any atom is 0.329 e. The highest BCUT2D eigenvalue weighted by Crippen LogP contribution is 2.39.